The van der Waals surface area contributed by atoms with E-state index in [1.165, 1.54) is 18.2 Å². The van der Waals surface area contributed by atoms with Gasteiger partial charge < -0.3 is 20.7 Å². The summed E-state index contributed by atoms with van der Waals surface area (Å²) < 4.78 is 28.7. The van der Waals surface area contributed by atoms with Crippen molar-refractivity contribution in [1.82, 2.24) is 5.32 Å². The zero-order valence-electron chi connectivity index (χ0n) is 14.4. The summed E-state index contributed by atoms with van der Waals surface area (Å²) in [6.07, 6.45) is 0. The maximum absolute atomic E-state index is 12.2. The van der Waals surface area contributed by atoms with Crippen LogP contribution in [0.15, 0.2) is 42.5 Å². The first-order valence-electron chi connectivity index (χ1n) is 8.05. The van der Waals surface area contributed by atoms with Crippen molar-refractivity contribution >= 4 is 34.8 Å². The van der Waals surface area contributed by atoms with Gasteiger partial charge in [-0.1, -0.05) is 17.7 Å². The lowest BCUT2D eigenvalue weighted by Gasteiger charge is -2.11. The molecule has 2 amide bonds. The van der Waals surface area contributed by atoms with E-state index < -0.39 is 6.61 Å². The third-order valence-electron chi connectivity index (χ3n) is 3.35. The van der Waals surface area contributed by atoms with E-state index in [2.05, 4.69) is 20.7 Å². The molecule has 0 saturated carbocycles. The van der Waals surface area contributed by atoms with E-state index in [1.807, 2.05) is 6.92 Å². The van der Waals surface area contributed by atoms with Crippen molar-refractivity contribution in [3.8, 4) is 5.75 Å². The number of ether oxygens (including phenoxy) is 1. The number of hydrogen-bond acceptors (Lipinski definition) is 4. The van der Waals surface area contributed by atoms with Crippen molar-refractivity contribution < 1.29 is 23.1 Å². The fourth-order valence-electron chi connectivity index (χ4n) is 2.19. The molecule has 0 aliphatic heterocycles. The van der Waals surface area contributed by atoms with E-state index in [-0.39, 0.29) is 29.1 Å². The minimum atomic E-state index is -2.97. The molecule has 0 atom stereocenters. The number of amides is 2. The summed E-state index contributed by atoms with van der Waals surface area (Å²) >= 11 is 5.85. The highest BCUT2D eigenvalue weighted by Gasteiger charge is 2.10. The largest absolute Gasteiger partial charge is 0.433 e. The van der Waals surface area contributed by atoms with E-state index in [4.69, 9.17) is 11.6 Å². The van der Waals surface area contributed by atoms with E-state index in [1.54, 1.807) is 24.3 Å². The summed E-state index contributed by atoms with van der Waals surface area (Å²) in [5.41, 5.74) is 1.38. The Kier molecular flexibility index (Phi) is 7.36. The van der Waals surface area contributed by atoms with Crippen LogP contribution < -0.4 is 20.7 Å². The number of hydrogen-bond donors (Lipinski definition) is 3. The fraction of sp³-hybridized carbons (Fsp3) is 0.222. The third-order valence-corrected chi connectivity index (χ3v) is 3.64. The van der Waals surface area contributed by atoms with Crippen molar-refractivity contribution in [1.29, 1.82) is 0 Å². The van der Waals surface area contributed by atoms with Crippen LogP contribution in [0.4, 0.5) is 20.2 Å². The molecule has 144 valence electrons. The van der Waals surface area contributed by atoms with Gasteiger partial charge in [0.2, 0.25) is 5.91 Å². The Morgan fingerprint density at radius 1 is 1.15 bits per heavy atom. The van der Waals surface area contributed by atoms with Gasteiger partial charge in [0.1, 0.15) is 5.75 Å². The normalized spacial score (nSPS) is 10.4. The molecule has 0 saturated heterocycles. The number of benzene rings is 2. The number of nitrogens with one attached hydrogen (secondary N) is 3. The summed E-state index contributed by atoms with van der Waals surface area (Å²) in [5, 5.41) is 8.16. The van der Waals surface area contributed by atoms with E-state index >= 15 is 0 Å². The summed E-state index contributed by atoms with van der Waals surface area (Å²) in [6, 6.07) is 10.7. The van der Waals surface area contributed by atoms with Crippen LogP contribution in [0.3, 0.4) is 0 Å². The molecule has 2 aromatic rings. The Bertz CT molecular complexity index is 818. The first kappa shape index (κ1) is 20.4. The van der Waals surface area contributed by atoms with Gasteiger partial charge in [0, 0.05) is 23.5 Å². The lowest BCUT2D eigenvalue weighted by atomic mass is 10.2. The van der Waals surface area contributed by atoms with Gasteiger partial charge in [-0.25, -0.2) is 0 Å². The van der Waals surface area contributed by atoms with Gasteiger partial charge in [0.05, 0.1) is 11.6 Å². The Balaban J connectivity index is 1.92. The number of alkyl halides is 2. The van der Waals surface area contributed by atoms with Crippen molar-refractivity contribution in [2.24, 2.45) is 0 Å². The molecule has 0 fully saturated rings. The Hall–Kier alpha value is -2.87. The molecule has 0 heterocycles. The van der Waals surface area contributed by atoms with Gasteiger partial charge in [0.25, 0.3) is 5.91 Å². The highest BCUT2D eigenvalue weighted by atomic mass is 35.5. The molecule has 3 N–H and O–H groups in total. The average molecular weight is 398 g/mol. The standard InChI is InChI=1S/C18H18ClF2N3O3/c1-2-22-17(26)11-4-3-5-13(8-11)24-16(25)10-23-12-6-7-15(14(19)9-12)27-18(20)21/h3-9,18,23H,2,10H2,1H3,(H,22,26)(H,24,25). The molecule has 0 radical (unpaired) electrons. The first-order chi connectivity index (χ1) is 12.9. The van der Waals surface area contributed by atoms with Gasteiger partial charge in [-0.2, -0.15) is 8.78 Å². The maximum Gasteiger partial charge on any atom is 0.387 e. The third kappa shape index (κ3) is 6.41. The van der Waals surface area contributed by atoms with Gasteiger partial charge >= 0.3 is 6.61 Å². The number of rotatable bonds is 8. The summed E-state index contributed by atoms with van der Waals surface area (Å²) in [5.74, 6) is -0.733. The van der Waals surface area contributed by atoms with Gasteiger partial charge in [0.15, 0.2) is 0 Å². The van der Waals surface area contributed by atoms with E-state index in [0.717, 1.165) is 0 Å². The zero-order valence-corrected chi connectivity index (χ0v) is 15.1. The van der Waals surface area contributed by atoms with Crippen LogP contribution in [0.2, 0.25) is 5.02 Å². The van der Waals surface area contributed by atoms with Crippen LogP contribution in [-0.2, 0) is 4.79 Å². The second-order valence-corrected chi connectivity index (χ2v) is 5.77. The van der Waals surface area contributed by atoms with Crippen LogP contribution in [-0.4, -0.2) is 31.5 Å². The van der Waals surface area contributed by atoms with Gasteiger partial charge in [-0.05, 0) is 43.3 Å². The minimum absolute atomic E-state index is 0.00431. The van der Waals surface area contributed by atoms with Crippen molar-refractivity contribution in [2.45, 2.75) is 13.5 Å². The molecular weight excluding hydrogens is 380 g/mol. The molecule has 0 spiro atoms. The predicted molar refractivity (Wildman–Crippen MR) is 99.7 cm³/mol. The van der Waals surface area contributed by atoms with E-state index in [9.17, 15) is 18.4 Å². The van der Waals surface area contributed by atoms with Gasteiger partial charge in [-0.15, -0.1) is 0 Å². The highest BCUT2D eigenvalue weighted by Crippen LogP contribution is 2.28. The monoisotopic (exact) mass is 397 g/mol. The summed E-state index contributed by atoms with van der Waals surface area (Å²) in [6.45, 7) is -0.741. The molecule has 0 aliphatic carbocycles. The van der Waals surface area contributed by atoms with Crippen LogP contribution >= 0.6 is 11.6 Å². The topological polar surface area (TPSA) is 79.5 Å². The van der Waals surface area contributed by atoms with Gasteiger partial charge in [-0.3, -0.25) is 9.59 Å². The minimum Gasteiger partial charge on any atom is -0.433 e. The van der Waals surface area contributed by atoms with Crippen LogP contribution in [0.25, 0.3) is 0 Å². The second-order valence-electron chi connectivity index (χ2n) is 5.37. The molecule has 0 bridgehead atoms. The number of carbonyl (C=O) groups is 2. The fourth-order valence-corrected chi connectivity index (χ4v) is 2.42. The maximum atomic E-state index is 12.2. The summed E-state index contributed by atoms with van der Waals surface area (Å²) in [7, 11) is 0. The molecule has 9 heteroatoms. The Morgan fingerprint density at radius 3 is 2.59 bits per heavy atom. The Labute approximate surface area is 159 Å². The molecular formula is C18H18ClF2N3O3. The SMILES string of the molecule is CCNC(=O)c1cccc(NC(=O)CNc2ccc(OC(F)F)c(Cl)c2)c1. The zero-order chi connectivity index (χ0) is 19.8. The van der Waals surface area contributed by atoms with E-state index in [0.29, 0.717) is 23.5 Å². The Morgan fingerprint density at radius 2 is 1.93 bits per heavy atom. The molecule has 0 aromatic heterocycles. The van der Waals surface area contributed by atoms with Crippen LogP contribution in [0.1, 0.15) is 17.3 Å². The summed E-state index contributed by atoms with van der Waals surface area (Å²) in [4.78, 5) is 23.9. The smallest absolute Gasteiger partial charge is 0.387 e. The first-order valence-corrected chi connectivity index (χ1v) is 8.43. The molecule has 27 heavy (non-hydrogen) atoms. The predicted octanol–water partition coefficient (Wildman–Crippen LogP) is 3.74. The van der Waals surface area contributed by atoms with Crippen LogP contribution in [0, 0.1) is 0 Å². The number of carbonyl (C=O) groups excluding carboxylic acids is 2. The quantitative estimate of drug-likeness (QED) is 0.634. The molecule has 0 unspecified atom stereocenters. The second kappa shape index (κ2) is 9.72. The van der Waals surface area contributed by atoms with Crippen molar-refractivity contribution in [2.75, 3.05) is 23.7 Å². The molecule has 2 rings (SSSR count). The number of anilines is 2. The number of halogens is 3. The highest BCUT2D eigenvalue weighted by molar-refractivity contribution is 6.32. The van der Waals surface area contributed by atoms with Crippen LogP contribution in [0.5, 0.6) is 5.75 Å². The molecule has 0 aliphatic rings. The average Bonchev–Trinajstić information content (AvgIpc) is 2.62. The van der Waals surface area contributed by atoms with Crippen molar-refractivity contribution in [3.63, 3.8) is 0 Å². The lowest BCUT2D eigenvalue weighted by Crippen LogP contribution is -2.24. The molecule has 2 aromatic carbocycles. The molecule has 6 nitrogen and oxygen atoms in total. The van der Waals surface area contributed by atoms with Crippen molar-refractivity contribution in [3.05, 3.63) is 53.1 Å². The lowest BCUT2D eigenvalue weighted by molar-refractivity contribution is -0.114.